The number of carbonyl (C=O) groups excluding carboxylic acids is 2. The van der Waals surface area contributed by atoms with E-state index in [9.17, 15) is 9.59 Å². The highest BCUT2D eigenvalue weighted by Crippen LogP contribution is 2.22. The molecule has 0 saturated carbocycles. The van der Waals surface area contributed by atoms with Gasteiger partial charge in [-0.25, -0.2) is 4.98 Å². The molecule has 1 saturated heterocycles. The summed E-state index contributed by atoms with van der Waals surface area (Å²) in [6, 6.07) is 7.92. The fourth-order valence-electron chi connectivity index (χ4n) is 3.21. The molecule has 2 heterocycles. The van der Waals surface area contributed by atoms with E-state index in [1.807, 2.05) is 17.5 Å². The van der Waals surface area contributed by atoms with Gasteiger partial charge in [0, 0.05) is 29.0 Å². The van der Waals surface area contributed by atoms with E-state index in [2.05, 4.69) is 38.4 Å². The number of nitrogens with zero attached hydrogens (tertiary/aromatic N) is 2. The number of thiazole rings is 1. The Kier molecular flexibility index (Phi) is 6.80. The lowest BCUT2D eigenvalue weighted by Gasteiger charge is -2.23. The Morgan fingerprint density at radius 1 is 1.27 bits per heavy atom. The summed E-state index contributed by atoms with van der Waals surface area (Å²) in [5.74, 6) is -0.0433. The molecular formula is C19H22BrN3O2S. The summed E-state index contributed by atoms with van der Waals surface area (Å²) in [5, 5.41) is 5.22. The molecule has 0 spiro atoms. The van der Waals surface area contributed by atoms with Crippen LogP contribution in [0.5, 0.6) is 0 Å². The van der Waals surface area contributed by atoms with E-state index in [4.69, 9.17) is 0 Å². The van der Waals surface area contributed by atoms with Crippen LogP contribution in [0.3, 0.4) is 0 Å². The van der Waals surface area contributed by atoms with E-state index in [1.165, 1.54) is 16.9 Å². The van der Waals surface area contributed by atoms with E-state index in [0.717, 1.165) is 36.6 Å². The number of hydrogen-bond acceptors (Lipinski definition) is 4. The van der Waals surface area contributed by atoms with Crippen molar-refractivity contribution in [2.45, 2.75) is 44.6 Å². The van der Waals surface area contributed by atoms with Crippen LogP contribution in [0.15, 0.2) is 40.3 Å². The van der Waals surface area contributed by atoms with E-state index in [0.29, 0.717) is 18.1 Å². The predicted molar refractivity (Wildman–Crippen MR) is 107 cm³/mol. The molecule has 5 nitrogen and oxygen atoms in total. The van der Waals surface area contributed by atoms with Crippen molar-refractivity contribution in [2.75, 3.05) is 11.9 Å². The number of likely N-dealkylation sites (tertiary alicyclic amines) is 1. The van der Waals surface area contributed by atoms with Crippen LogP contribution in [0, 0.1) is 0 Å². The fourth-order valence-corrected chi connectivity index (χ4v) is 4.01. The summed E-state index contributed by atoms with van der Waals surface area (Å²) in [6.07, 6.45) is 6.53. The molecule has 1 unspecified atom stereocenters. The van der Waals surface area contributed by atoms with Crippen molar-refractivity contribution < 1.29 is 9.59 Å². The lowest BCUT2D eigenvalue weighted by Crippen LogP contribution is -2.43. The van der Waals surface area contributed by atoms with E-state index >= 15 is 0 Å². The number of aromatic nitrogens is 1. The number of unbranched alkanes of at least 4 members (excludes halogenated alkanes) is 1. The lowest BCUT2D eigenvalue weighted by molar-refractivity contribution is -0.136. The van der Waals surface area contributed by atoms with Gasteiger partial charge in [0.15, 0.2) is 5.13 Å². The van der Waals surface area contributed by atoms with Crippen molar-refractivity contribution >= 4 is 44.2 Å². The van der Waals surface area contributed by atoms with Crippen LogP contribution in [0.4, 0.5) is 5.13 Å². The molecule has 0 radical (unpaired) electrons. The van der Waals surface area contributed by atoms with Crippen LogP contribution in [-0.4, -0.2) is 34.3 Å². The molecule has 1 aliphatic rings. The van der Waals surface area contributed by atoms with Gasteiger partial charge in [-0.15, -0.1) is 11.3 Å². The number of rotatable bonds is 7. The molecule has 3 rings (SSSR count). The number of anilines is 1. The van der Waals surface area contributed by atoms with Gasteiger partial charge < -0.3 is 10.2 Å². The first-order chi connectivity index (χ1) is 12.6. The van der Waals surface area contributed by atoms with Gasteiger partial charge in [0.1, 0.15) is 6.04 Å². The minimum absolute atomic E-state index is 0.0811. The van der Waals surface area contributed by atoms with Gasteiger partial charge in [-0.3, -0.25) is 9.59 Å². The second kappa shape index (κ2) is 9.28. The Morgan fingerprint density at radius 3 is 2.81 bits per heavy atom. The quantitative estimate of drug-likeness (QED) is 0.661. The van der Waals surface area contributed by atoms with Crippen LogP contribution in [0.2, 0.25) is 0 Å². The number of halogens is 1. The number of amides is 2. The monoisotopic (exact) mass is 435 g/mol. The molecule has 0 aliphatic carbocycles. The Balaban J connectivity index is 1.44. The minimum atomic E-state index is -0.363. The molecule has 1 aromatic carbocycles. The molecule has 1 N–H and O–H groups in total. The zero-order valence-corrected chi connectivity index (χ0v) is 16.9. The van der Waals surface area contributed by atoms with Crippen molar-refractivity contribution in [2.24, 2.45) is 0 Å². The summed E-state index contributed by atoms with van der Waals surface area (Å²) in [4.78, 5) is 30.8. The van der Waals surface area contributed by atoms with E-state index in [-0.39, 0.29) is 17.9 Å². The first-order valence-electron chi connectivity index (χ1n) is 8.88. The predicted octanol–water partition coefficient (Wildman–Crippen LogP) is 4.25. The largest absolute Gasteiger partial charge is 0.331 e. The molecule has 1 aliphatic heterocycles. The molecule has 7 heteroatoms. The van der Waals surface area contributed by atoms with E-state index in [1.54, 1.807) is 11.1 Å². The smallest absolute Gasteiger partial charge is 0.248 e. The van der Waals surface area contributed by atoms with Crippen LogP contribution in [-0.2, 0) is 16.0 Å². The number of aryl methyl sites for hydroxylation is 1. The number of hydrogen-bond donors (Lipinski definition) is 1. The van der Waals surface area contributed by atoms with Crippen LogP contribution < -0.4 is 5.32 Å². The Bertz CT molecular complexity index is 734. The van der Waals surface area contributed by atoms with Crippen molar-refractivity contribution in [3.8, 4) is 0 Å². The highest BCUT2D eigenvalue weighted by atomic mass is 79.9. The van der Waals surface area contributed by atoms with Crippen LogP contribution in [0.25, 0.3) is 0 Å². The average Bonchev–Trinajstić information content (AvgIpc) is 3.31. The Labute approximate surface area is 165 Å². The van der Waals surface area contributed by atoms with Crippen LogP contribution in [0.1, 0.15) is 37.7 Å². The van der Waals surface area contributed by atoms with Crippen molar-refractivity contribution in [1.29, 1.82) is 0 Å². The maximum atomic E-state index is 12.5. The van der Waals surface area contributed by atoms with Gasteiger partial charge in [-0.2, -0.15) is 0 Å². The second-order valence-corrected chi connectivity index (χ2v) is 8.22. The highest BCUT2D eigenvalue weighted by molar-refractivity contribution is 9.10. The molecule has 0 bridgehead atoms. The summed E-state index contributed by atoms with van der Waals surface area (Å²) < 4.78 is 1.08. The van der Waals surface area contributed by atoms with Crippen molar-refractivity contribution in [1.82, 2.24) is 9.88 Å². The summed E-state index contributed by atoms with van der Waals surface area (Å²) >= 11 is 4.82. The summed E-state index contributed by atoms with van der Waals surface area (Å²) in [7, 11) is 0. The molecule has 1 aromatic heterocycles. The van der Waals surface area contributed by atoms with Crippen molar-refractivity contribution in [3.05, 3.63) is 45.9 Å². The highest BCUT2D eigenvalue weighted by Gasteiger charge is 2.33. The third-order valence-corrected chi connectivity index (χ3v) is 5.77. The zero-order valence-electron chi connectivity index (χ0n) is 14.5. The third-order valence-electron chi connectivity index (χ3n) is 4.56. The molecule has 1 atom stereocenters. The maximum absolute atomic E-state index is 12.5. The van der Waals surface area contributed by atoms with Gasteiger partial charge >= 0.3 is 0 Å². The normalized spacial score (nSPS) is 16.7. The maximum Gasteiger partial charge on any atom is 0.248 e. The van der Waals surface area contributed by atoms with Gasteiger partial charge in [-0.1, -0.05) is 28.1 Å². The molecule has 26 heavy (non-hydrogen) atoms. The SMILES string of the molecule is O=C(Nc1nccs1)C1CCCN1C(=O)CCCCc1ccc(Br)cc1. The van der Waals surface area contributed by atoms with Gasteiger partial charge in [0.05, 0.1) is 0 Å². The minimum Gasteiger partial charge on any atom is -0.331 e. The number of nitrogens with one attached hydrogen (secondary N) is 1. The molecular weight excluding hydrogens is 414 g/mol. The van der Waals surface area contributed by atoms with E-state index < -0.39 is 0 Å². The zero-order chi connectivity index (χ0) is 18.4. The standard InChI is InChI=1S/C19H22BrN3O2S/c20-15-9-7-14(8-10-15)4-1-2-6-17(24)23-12-3-5-16(23)18(25)22-19-21-11-13-26-19/h7-11,13,16H,1-6,12H2,(H,21,22,25). The number of benzene rings is 1. The van der Waals surface area contributed by atoms with Crippen molar-refractivity contribution in [3.63, 3.8) is 0 Å². The van der Waals surface area contributed by atoms with Gasteiger partial charge in [0.2, 0.25) is 11.8 Å². The fraction of sp³-hybridized carbons (Fsp3) is 0.421. The first kappa shape index (κ1) is 19.0. The third kappa shape index (κ3) is 5.14. The lowest BCUT2D eigenvalue weighted by atomic mass is 10.1. The van der Waals surface area contributed by atoms with Gasteiger partial charge in [0.25, 0.3) is 0 Å². The Hall–Kier alpha value is -1.73. The Morgan fingerprint density at radius 2 is 2.08 bits per heavy atom. The topological polar surface area (TPSA) is 62.3 Å². The molecule has 2 aromatic rings. The molecule has 2 amide bonds. The molecule has 1 fully saturated rings. The molecule has 138 valence electrons. The average molecular weight is 436 g/mol. The first-order valence-corrected chi connectivity index (χ1v) is 10.5. The second-order valence-electron chi connectivity index (χ2n) is 6.41. The van der Waals surface area contributed by atoms with Crippen LogP contribution >= 0.6 is 27.3 Å². The summed E-state index contributed by atoms with van der Waals surface area (Å²) in [5.41, 5.74) is 1.28. The van der Waals surface area contributed by atoms with Gasteiger partial charge in [-0.05, 0) is 49.8 Å². The summed E-state index contributed by atoms with van der Waals surface area (Å²) in [6.45, 7) is 0.668. The number of carbonyl (C=O) groups is 2.